The van der Waals surface area contributed by atoms with Gasteiger partial charge in [0, 0.05) is 13.1 Å². The number of hydrogen-bond donors (Lipinski definition) is 1. The van der Waals surface area contributed by atoms with E-state index in [0.29, 0.717) is 30.5 Å². The van der Waals surface area contributed by atoms with Gasteiger partial charge >= 0.3 is 0 Å². The lowest BCUT2D eigenvalue weighted by Gasteiger charge is -2.31. The molecule has 3 rings (SSSR count). The molecule has 0 saturated carbocycles. The van der Waals surface area contributed by atoms with Gasteiger partial charge < -0.3 is 10.6 Å². The summed E-state index contributed by atoms with van der Waals surface area (Å²) in [4.78, 5) is 25.4. The molecule has 0 bridgehead atoms. The molecule has 4 nitrogen and oxygen atoms in total. The van der Waals surface area contributed by atoms with E-state index in [-0.39, 0.29) is 23.8 Å². The molecule has 6 heteroatoms. The Labute approximate surface area is 144 Å². The van der Waals surface area contributed by atoms with Crippen LogP contribution in [0.2, 0.25) is 0 Å². The van der Waals surface area contributed by atoms with Crippen molar-refractivity contribution in [1.29, 1.82) is 0 Å². The number of amides is 2. The molecular formula is C19H18F2N2O2. The molecule has 1 atom stereocenters. The zero-order valence-corrected chi connectivity index (χ0v) is 13.5. The molecule has 1 heterocycles. The number of primary amides is 1. The van der Waals surface area contributed by atoms with E-state index in [1.165, 1.54) is 29.2 Å². The number of halogens is 2. The van der Waals surface area contributed by atoms with E-state index in [4.69, 9.17) is 5.73 Å². The van der Waals surface area contributed by atoms with Gasteiger partial charge in [0.05, 0.1) is 11.5 Å². The van der Waals surface area contributed by atoms with Gasteiger partial charge in [0.2, 0.25) is 5.91 Å². The standard InChI is InChI=1S/C19H18F2N2O2/c20-15-6-3-12(4-7-15)13-5-8-16(17(21)10-13)19(25)23-9-1-2-14(11-23)18(22)24/h3-8,10,14H,1-2,9,11H2,(H2,22,24). The van der Waals surface area contributed by atoms with Crippen LogP contribution in [-0.4, -0.2) is 29.8 Å². The monoisotopic (exact) mass is 344 g/mol. The lowest BCUT2D eigenvalue weighted by Crippen LogP contribution is -2.44. The van der Waals surface area contributed by atoms with Crippen molar-refractivity contribution in [3.8, 4) is 11.1 Å². The highest BCUT2D eigenvalue weighted by Gasteiger charge is 2.28. The second-order valence-corrected chi connectivity index (χ2v) is 6.19. The Bertz CT molecular complexity index is 806. The Morgan fingerprint density at radius 3 is 2.36 bits per heavy atom. The third kappa shape index (κ3) is 3.68. The molecule has 0 aliphatic carbocycles. The van der Waals surface area contributed by atoms with Crippen LogP contribution >= 0.6 is 0 Å². The van der Waals surface area contributed by atoms with Crippen LogP contribution in [0.4, 0.5) is 8.78 Å². The molecule has 1 aliphatic heterocycles. The van der Waals surface area contributed by atoms with Gasteiger partial charge in [-0.25, -0.2) is 8.78 Å². The lowest BCUT2D eigenvalue weighted by atomic mass is 9.96. The number of hydrogen-bond acceptors (Lipinski definition) is 2. The zero-order valence-electron chi connectivity index (χ0n) is 13.5. The number of rotatable bonds is 3. The maximum atomic E-state index is 14.5. The first-order valence-corrected chi connectivity index (χ1v) is 8.10. The minimum Gasteiger partial charge on any atom is -0.369 e. The summed E-state index contributed by atoms with van der Waals surface area (Å²) in [5.74, 6) is -2.30. The molecule has 0 aromatic heterocycles. The molecule has 2 aromatic carbocycles. The molecule has 130 valence electrons. The van der Waals surface area contributed by atoms with Gasteiger partial charge in [-0.1, -0.05) is 18.2 Å². The predicted molar refractivity (Wildman–Crippen MR) is 89.6 cm³/mol. The summed E-state index contributed by atoms with van der Waals surface area (Å²) >= 11 is 0. The SMILES string of the molecule is NC(=O)C1CCCN(C(=O)c2ccc(-c3ccc(F)cc3)cc2F)C1. The molecule has 1 unspecified atom stereocenters. The van der Waals surface area contributed by atoms with Crippen molar-refractivity contribution >= 4 is 11.8 Å². The van der Waals surface area contributed by atoms with Gasteiger partial charge in [0.1, 0.15) is 11.6 Å². The maximum absolute atomic E-state index is 14.5. The Kier molecular flexibility index (Phi) is 4.79. The number of likely N-dealkylation sites (tertiary alicyclic amines) is 1. The highest BCUT2D eigenvalue weighted by atomic mass is 19.1. The van der Waals surface area contributed by atoms with Crippen molar-refractivity contribution in [1.82, 2.24) is 4.90 Å². The Hall–Kier alpha value is -2.76. The van der Waals surface area contributed by atoms with E-state index in [9.17, 15) is 18.4 Å². The predicted octanol–water partition coefficient (Wildman–Crippen LogP) is 2.97. The number of carbonyl (C=O) groups excluding carboxylic acids is 2. The highest BCUT2D eigenvalue weighted by molar-refractivity contribution is 5.95. The summed E-state index contributed by atoms with van der Waals surface area (Å²) in [6.45, 7) is 0.690. The van der Waals surface area contributed by atoms with Crippen molar-refractivity contribution in [2.24, 2.45) is 11.7 Å². The number of carbonyl (C=O) groups is 2. The maximum Gasteiger partial charge on any atom is 0.256 e. The molecule has 1 saturated heterocycles. The van der Waals surface area contributed by atoms with E-state index < -0.39 is 17.6 Å². The van der Waals surface area contributed by atoms with Gasteiger partial charge in [-0.3, -0.25) is 9.59 Å². The summed E-state index contributed by atoms with van der Waals surface area (Å²) in [5, 5.41) is 0. The van der Waals surface area contributed by atoms with Gasteiger partial charge in [0.25, 0.3) is 5.91 Å². The van der Waals surface area contributed by atoms with Crippen molar-refractivity contribution in [3.63, 3.8) is 0 Å². The number of piperidine rings is 1. The molecular weight excluding hydrogens is 326 g/mol. The first-order chi connectivity index (χ1) is 12.0. The van der Waals surface area contributed by atoms with Gasteiger partial charge in [0.15, 0.2) is 0 Å². The van der Waals surface area contributed by atoms with Crippen molar-refractivity contribution < 1.29 is 18.4 Å². The molecule has 2 N–H and O–H groups in total. The van der Waals surface area contributed by atoms with Gasteiger partial charge in [-0.15, -0.1) is 0 Å². The Balaban J connectivity index is 1.81. The van der Waals surface area contributed by atoms with Crippen LogP contribution in [0.25, 0.3) is 11.1 Å². The topological polar surface area (TPSA) is 63.4 Å². The average molecular weight is 344 g/mol. The van der Waals surface area contributed by atoms with Crippen LogP contribution in [0.15, 0.2) is 42.5 Å². The Morgan fingerprint density at radius 2 is 1.72 bits per heavy atom. The zero-order chi connectivity index (χ0) is 18.0. The fourth-order valence-electron chi connectivity index (χ4n) is 3.07. The Morgan fingerprint density at radius 1 is 1.04 bits per heavy atom. The second-order valence-electron chi connectivity index (χ2n) is 6.19. The van der Waals surface area contributed by atoms with E-state index in [2.05, 4.69) is 0 Å². The van der Waals surface area contributed by atoms with Gasteiger partial charge in [-0.2, -0.15) is 0 Å². The minimum atomic E-state index is -0.645. The molecule has 25 heavy (non-hydrogen) atoms. The largest absolute Gasteiger partial charge is 0.369 e. The fourth-order valence-corrected chi connectivity index (χ4v) is 3.07. The first kappa shape index (κ1) is 17.1. The summed E-state index contributed by atoms with van der Waals surface area (Å²) < 4.78 is 27.5. The number of benzene rings is 2. The van der Waals surface area contributed by atoms with Crippen LogP contribution in [0, 0.1) is 17.6 Å². The van der Waals surface area contributed by atoms with Crippen LogP contribution in [-0.2, 0) is 4.79 Å². The van der Waals surface area contributed by atoms with Crippen molar-refractivity contribution in [3.05, 3.63) is 59.7 Å². The summed E-state index contributed by atoms with van der Waals surface area (Å²) in [7, 11) is 0. The molecule has 2 aromatic rings. The van der Waals surface area contributed by atoms with Crippen LogP contribution in [0.3, 0.4) is 0 Å². The first-order valence-electron chi connectivity index (χ1n) is 8.10. The van der Waals surface area contributed by atoms with E-state index in [0.717, 1.165) is 0 Å². The molecule has 2 amide bonds. The van der Waals surface area contributed by atoms with Crippen LogP contribution < -0.4 is 5.73 Å². The molecule has 1 aliphatic rings. The van der Waals surface area contributed by atoms with Crippen molar-refractivity contribution in [2.45, 2.75) is 12.8 Å². The van der Waals surface area contributed by atoms with Crippen molar-refractivity contribution in [2.75, 3.05) is 13.1 Å². The third-order valence-corrected chi connectivity index (χ3v) is 4.49. The third-order valence-electron chi connectivity index (χ3n) is 4.49. The number of nitrogens with two attached hydrogens (primary N) is 1. The number of nitrogens with zero attached hydrogens (tertiary/aromatic N) is 1. The average Bonchev–Trinajstić information content (AvgIpc) is 2.62. The quantitative estimate of drug-likeness (QED) is 0.930. The normalized spacial score (nSPS) is 17.4. The lowest BCUT2D eigenvalue weighted by molar-refractivity contribution is -0.123. The second kappa shape index (κ2) is 7.01. The highest BCUT2D eigenvalue weighted by Crippen LogP contribution is 2.24. The van der Waals surface area contributed by atoms with Crippen LogP contribution in [0.5, 0.6) is 0 Å². The van der Waals surface area contributed by atoms with Gasteiger partial charge in [-0.05, 0) is 48.2 Å². The smallest absolute Gasteiger partial charge is 0.256 e. The molecule has 0 radical (unpaired) electrons. The molecule has 0 spiro atoms. The summed E-state index contributed by atoms with van der Waals surface area (Å²) in [6, 6.07) is 9.99. The van der Waals surface area contributed by atoms with E-state index in [1.54, 1.807) is 18.2 Å². The van der Waals surface area contributed by atoms with Crippen LogP contribution in [0.1, 0.15) is 23.2 Å². The fraction of sp³-hybridized carbons (Fsp3) is 0.263. The molecule has 1 fully saturated rings. The van der Waals surface area contributed by atoms with E-state index in [1.807, 2.05) is 0 Å². The minimum absolute atomic E-state index is 0.0454. The summed E-state index contributed by atoms with van der Waals surface area (Å²) in [5.41, 5.74) is 6.49. The van der Waals surface area contributed by atoms with E-state index >= 15 is 0 Å². The summed E-state index contributed by atoms with van der Waals surface area (Å²) in [6.07, 6.45) is 1.31.